The van der Waals surface area contributed by atoms with Gasteiger partial charge in [-0.05, 0) is 37.6 Å². The molecule has 0 saturated heterocycles. The van der Waals surface area contributed by atoms with E-state index in [1.807, 2.05) is 80.6 Å². The summed E-state index contributed by atoms with van der Waals surface area (Å²) in [5.41, 5.74) is 1.95. The van der Waals surface area contributed by atoms with Crippen LogP contribution in [-0.4, -0.2) is 11.9 Å². The third-order valence-corrected chi connectivity index (χ3v) is 3.01. The summed E-state index contributed by atoms with van der Waals surface area (Å²) in [4.78, 5) is 14.2. The van der Waals surface area contributed by atoms with E-state index < -0.39 is 0 Å². The Morgan fingerprint density at radius 2 is 1.50 bits per heavy atom. The molecule has 0 spiro atoms. The largest absolute Gasteiger partial charge is 0.306 e. The highest BCUT2D eigenvalue weighted by molar-refractivity contribution is 6.04. The van der Waals surface area contributed by atoms with Crippen molar-refractivity contribution in [1.82, 2.24) is 0 Å². The van der Waals surface area contributed by atoms with Crippen molar-refractivity contribution >= 4 is 17.7 Å². The smallest absolute Gasteiger partial charge is 0.251 e. The number of carbonyl (C=O) groups excluding carboxylic acids is 1. The molecule has 1 amide bonds. The van der Waals surface area contributed by atoms with Crippen LogP contribution in [0.5, 0.6) is 0 Å². The van der Waals surface area contributed by atoms with Gasteiger partial charge in [0.2, 0.25) is 0 Å². The van der Waals surface area contributed by atoms with Gasteiger partial charge >= 0.3 is 0 Å². The molecule has 2 aromatic rings. The lowest BCUT2D eigenvalue weighted by Gasteiger charge is -2.25. The normalized spacial score (nSPS) is 10.9. The van der Waals surface area contributed by atoms with Crippen LogP contribution in [-0.2, 0) is 4.79 Å². The lowest BCUT2D eigenvalue weighted by atomic mass is 10.2. The van der Waals surface area contributed by atoms with E-state index in [1.165, 1.54) is 0 Å². The molecule has 0 unspecified atom stereocenters. The quantitative estimate of drug-likeness (QED) is 0.761. The lowest BCUT2D eigenvalue weighted by Crippen LogP contribution is -2.35. The summed E-state index contributed by atoms with van der Waals surface area (Å²) in [6, 6.07) is 19.7. The highest BCUT2D eigenvalue weighted by Gasteiger charge is 2.16. The molecule has 2 heteroatoms. The molecule has 0 atom stereocenters. The van der Waals surface area contributed by atoms with Gasteiger partial charge in [-0.3, -0.25) is 4.79 Å². The number of hydrogen-bond donors (Lipinski definition) is 0. The maximum Gasteiger partial charge on any atom is 0.251 e. The molecule has 0 N–H and O–H groups in total. The number of benzene rings is 2. The molecule has 0 fully saturated rings. The van der Waals surface area contributed by atoms with Gasteiger partial charge in [-0.1, -0.05) is 48.5 Å². The zero-order valence-electron chi connectivity index (χ0n) is 11.9. The first kappa shape index (κ1) is 14.1. The van der Waals surface area contributed by atoms with Crippen LogP contribution in [0.1, 0.15) is 19.4 Å². The van der Waals surface area contributed by atoms with Gasteiger partial charge in [0.15, 0.2) is 0 Å². The van der Waals surface area contributed by atoms with Crippen molar-refractivity contribution in [3.8, 4) is 0 Å². The molecule has 102 valence electrons. The standard InChI is InChI=1S/C18H19NO/c1-15(2)19(17-11-7-4-8-12-17)18(20)14-13-16-9-5-3-6-10-16/h3-15H,1-2H3/b14-13+. The molecule has 0 bridgehead atoms. The van der Waals surface area contributed by atoms with Crippen LogP contribution < -0.4 is 4.90 Å². The molecule has 0 heterocycles. The van der Waals surface area contributed by atoms with Gasteiger partial charge in [0, 0.05) is 17.8 Å². The molecule has 0 radical (unpaired) electrons. The monoisotopic (exact) mass is 265 g/mol. The summed E-state index contributed by atoms with van der Waals surface area (Å²) in [5.74, 6) is -0.00458. The third-order valence-electron chi connectivity index (χ3n) is 3.01. The fourth-order valence-corrected chi connectivity index (χ4v) is 2.08. The predicted molar refractivity (Wildman–Crippen MR) is 84.5 cm³/mol. The summed E-state index contributed by atoms with van der Waals surface area (Å²) in [7, 11) is 0. The molecule has 20 heavy (non-hydrogen) atoms. The minimum atomic E-state index is -0.00458. The summed E-state index contributed by atoms with van der Waals surface area (Å²) < 4.78 is 0. The summed E-state index contributed by atoms with van der Waals surface area (Å²) in [5, 5.41) is 0. The Balaban J connectivity index is 2.19. The first-order chi connectivity index (χ1) is 9.68. The van der Waals surface area contributed by atoms with Crippen molar-refractivity contribution < 1.29 is 4.79 Å². The van der Waals surface area contributed by atoms with Crippen molar-refractivity contribution in [3.05, 3.63) is 72.3 Å². The van der Waals surface area contributed by atoms with E-state index in [2.05, 4.69) is 0 Å². The molecule has 2 nitrogen and oxygen atoms in total. The highest BCUT2D eigenvalue weighted by atomic mass is 16.2. The topological polar surface area (TPSA) is 20.3 Å². The van der Waals surface area contributed by atoms with Crippen LogP contribution in [0.15, 0.2) is 66.7 Å². The molecule has 2 aromatic carbocycles. The number of nitrogens with zero attached hydrogens (tertiary/aromatic N) is 1. The number of amides is 1. The maximum absolute atomic E-state index is 12.4. The van der Waals surface area contributed by atoms with Crippen molar-refractivity contribution in [2.45, 2.75) is 19.9 Å². The van der Waals surface area contributed by atoms with Gasteiger partial charge in [0.1, 0.15) is 0 Å². The maximum atomic E-state index is 12.4. The van der Waals surface area contributed by atoms with Crippen LogP contribution in [0.3, 0.4) is 0 Å². The first-order valence-corrected chi connectivity index (χ1v) is 6.80. The fraction of sp³-hybridized carbons (Fsp3) is 0.167. The van der Waals surface area contributed by atoms with E-state index >= 15 is 0 Å². The van der Waals surface area contributed by atoms with Crippen molar-refractivity contribution in [2.75, 3.05) is 4.90 Å². The van der Waals surface area contributed by atoms with Crippen LogP contribution in [0, 0.1) is 0 Å². The van der Waals surface area contributed by atoms with Gasteiger partial charge in [-0.2, -0.15) is 0 Å². The third kappa shape index (κ3) is 3.58. The van der Waals surface area contributed by atoms with E-state index in [9.17, 15) is 4.79 Å². The van der Waals surface area contributed by atoms with Gasteiger partial charge in [-0.25, -0.2) is 0 Å². The number of carbonyl (C=O) groups is 1. The lowest BCUT2D eigenvalue weighted by molar-refractivity contribution is -0.114. The molecular formula is C18H19NO. The Kier molecular flexibility index (Phi) is 4.72. The second-order valence-corrected chi connectivity index (χ2v) is 4.88. The zero-order valence-corrected chi connectivity index (χ0v) is 11.9. The van der Waals surface area contributed by atoms with Gasteiger partial charge in [0.05, 0.1) is 0 Å². The second kappa shape index (κ2) is 6.71. The van der Waals surface area contributed by atoms with E-state index in [0.29, 0.717) is 0 Å². The molecular weight excluding hydrogens is 246 g/mol. The molecule has 0 aliphatic carbocycles. The van der Waals surface area contributed by atoms with Crippen LogP contribution >= 0.6 is 0 Å². The number of anilines is 1. The number of para-hydroxylation sites is 1. The van der Waals surface area contributed by atoms with E-state index in [4.69, 9.17) is 0 Å². The number of hydrogen-bond acceptors (Lipinski definition) is 1. The van der Waals surface area contributed by atoms with E-state index in [1.54, 1.807) is 11.0 Å². The van der Waals surface area contributed by atoms with Crippen LogP contribution in [0.4, 0.5) is 5.69 Å². The minimum absolute atomic E-state index is 0.00458. The Labute approximate surface area is 120 Å². The second-order valence-electron chi connectivity index (χ2n) is 4.88. The molecule has 0 aliphatic heterocycles. The van der Waals surface area contributed by atoms with Crippen molar-refractivity contribution in [2.24, 2.45) is 0 Å². The van der Waals surface area contributed by atoms with Gasteiger partial charge in [0.25, 0.3) is 5.91 Å². The SMILES string of the molecule is CC(C)N(C(=O)/C=C/c1ccccc1)c1ccccc1. The Bertz CT molecular complexity index is 573. The Morgan fingerprint density at radius 3 is 2.05 bits per heavy atom. The van der Waals surface area contributed by atoms with Gasteiger partial charge < -0.3 is 4.90 Å². The molecule has 0 aromatic heterocycles. The van der Waals surface area contributed by atoms with Crippen LogP contribution in [0.2, 0.25) is 0 Å². The summed E-state index contributed by atoms with van der Waals surface area (Å²) in [6.07, 6.45) is 3.48. The summed E-state index contributed by atoms with van der Waals surface area (Å²) >= 11 is 0. The fourth-order valence-electron chi connectivity index (χ4n) is 2.08. The first-order valence-electron chi connectivity index (χ1n) is 6.80. The number of rotatable bonds is 4. The molecule has 0 aliphatic rings. The summed E-state index contributed by atoms with van der Waals surface area (Å²) in [6.45, 7) is 4.03. The van der Waals surface area contributed by atoms with Crippen molar-refractivity contribution in [3.63, 3.8) is 0 Å². The average molecular weight is 265 g/mol. The predicted octanol–water partition coefficient (Wildman–Crippen LogP) is 4.14. The van der Waals surface area contributed by atoms with Gasteiger partial charge in [-0.15, -0.1) is 0 Å². The zero-order chi connectivity index (χ0) is 14.4. The van der Waals surface area contributed by atoms with E-state index in [0.717, 1.165) is 11.3 Å². The minimum Gasteiger partial charge on any atom is -0.306 e. The van der Waals surface area contributed by atoms with E-state index in [-0.39, 0.29) is 11.9 Å². The van der Waals surface area contributed by atoms with Crippen molar-refractivity contribution in [1.29, 1.82) is 0 Å². The molecule has 2 rings (SSSR count). The molecule has 0 saturated carbocycles. The Hall–Kier alpha value is -2.35. The highest BCUT2D eigenvalue weighted by Crippen LogP contribution is 2.17. The Morgan fingerprint density at radius 1 is 0.950 bits per heavy atom. The average Bonchev–Trinajstić information content (AvgIpc) is 2.47. The van der Waals surface area contributed by atoms with Crippen LogP contribution in [0.25, 0.3) is 6.08 Å².